The molecule has 1 amide bonds. The van der Waals surface area contributed by atoms with Crippen molar-refractivity contribution in [1.29, 1.82) is 0 Å². The Morgan fingerprint density at radius 1 is 1.06 bits per heavy atom. The molecule has 0 fully saturated rings. The molecule has 0 aliphatic rings. The highest BCUT2D eigenvalue weighted by Gasteiger charge is 2.21. The third-order valence-corrected chi connectivity index (χ3v) is 5.84. The van der Waals surface area contributed by atoms with Crippen LogP contribution in [0.1, 0.15) is 27.0 Å². The van der Waals surface area contributed by atoms with Crippen molar-refractivity contribution in [2.24, 2.45) is 0 Å². The highest BCUT2D eigenvalue weighted by Crippen LogP contribution is 2.36. The fourth-order valence-corrected chi connectivity index (χ4v) is 4.31. The number of aromatic nitrogens is 1. The van der Waals surface area contributed by atoms with Crippen LogP contribution in [0.25, 0.3) is 16.8 Å². The largest absolute Gasteiger partial charge is 0.462 e. The van der Waals surface area contributed by atoms with Gasteiger partial charge in [0.05, 0.1) is 17.9 Å². The fourth-order valence-electron chi connectivity index (χ4n) is 3.21. The maximum atomic E-state index is 13.2. The molecule has 7 heteroatoms. The van der Waals surface area contributed by atoms with Crippen molar-refractivity contribution in [1.82, 2.24) is 4.57 Å². The van der Waals surface area contributed by atoms with E-state index >= 15 is 0 Å². The van der Waals surface area contributed by atoms with Crippen molar-refractivity contribution in [2.75, 3.05) is 11.9 Å². The Morgan fingerprint density at radius 2 is 1.81 bits per heavy atom. The standard InChI is InChI=1S/C24H19ClN2O3S/c1-2-30-24(29)17-6-5-7-19(14-17)26-23(28)22-21(27-12-3-4-13-27)20(15-31-22)16-8-10-18(25)11-9-16/h3-15H,2H2,1H3,(H,26,28). The van der Waals surface area contributed by atoms with Gasteiger partial charge in [-0.3, -0.25) is 4.79 Å². The van der Waals surface area contributed by atoms with E-state index in [0.29, 0.717) is 27.8 Å². The zero-order chi connectivity index (χ0) is 21.8. The van der Waals surface area contributed by atoms with Crippen LogP contribution in [0.3, 0.4) is 0 Å². The molecular weight excluding hydrogens is 432 g/mol. The van der Waals surface area contributed by atoms with E-state index in [9.17, 15) is 9.59 Å². The molecule has 0 saturated heterocycles. The lowest BCUT2D eigenvalue weighted by molar-refractivity contribution is 0.0526. The molecule has 0 bridgehead atoms. The summed E-state index contributed by atoms with van der Waals surface area (Å²) < 4.78 is 6.96. The van der Waals surface area contributed by atoms with Crippen LogP contribution >= 0.6 is 22.9 Å². The number of carbonyl (C=O) groups excluding carboxylic acids is 2. The van der Waals surface area contributed by atoms with Crippen molar-refractivity contribution in [3.05, 3.63) is 93.9 Å². The minimum Gasteiger partial charge on any atom is -0.462 e. The summed E-state index contributed by atoms with van der Waals surface area (Å²) in [6.07, 6.45) is 3.80. The number of rotatable bonds is 6. The molecule has 4 aromatic rings. The van der Waals surface area contributed by atoms with Gasteiger partial charge in [-0.15, -0.1) is 11.3 Å². The summed E-state index contributed by atoms with van der Waals surface area (Å²) in [6, 6.07) is 18.1. The van der Waals surface area contributed by atoms with Crippen molar-refractivity contribution in [2.45, 2.75) is 6.92 Å². The maximum Gasteiger partial charge on any atom is 0.338 e. The average Bonchev–Trinajstić information content (AvgIpc) is 3.44. The summed E-state index contributed by atoms with van der Waals surface area (Å²) in [4.78, 5) is 25.7. The lowest BCUT2D eigenvalue weighted by Gasteiger charge is -2.11. The number of anilines is 1. The first-order valence-corrected chi connectivity index (χ1v) is 10.9. The van der Waals surface area contributed by atoms with Crippen LogP contribution in [-0.2, 0) is 4.74 Å². The van der Waals surface area contributed by atoms with Crippen LogP contribution in [0.15, 0.2) is 78.4 Å². The van der Waals surface area contributed by atoms with Crippen LogP contribution in [0.5, 0.6) is 0 Å². The number of amides is 1. The van der Waals surface area contributed by atoms with Gasteiger partial charge in [-0.05, 0) is 55.0 Å². The van der Waals surface area contributed by atoms with Crippen molar-refractivity contribution in [3.63, 3.8) is 0 Å². The number of halogens is 1. The predicted octanol–water partition coefficient (Wildman–Crippen LogP) is 6.29. The van der Waals surface area contributed by atoms with Crippen LogP contribution in [0.2, 0.25) is 5.02 Å². The van der Waals surface area contributed by atoms with Gasteiger partial charge in [-0.2, -0.15) is 0 Å². The van der Waals surface area contributed by atoms with E-state index in [0.717, 1.165) is 16.8 Å². The first-order valence-electron chi connectivity index (χ1n) is 9.66. The smallest absolute Gasteiger partial charge is 0.338 e. The van der Waals surface area contributed by atoms with E-state index in [4.69, 9.17) is 16.3 Å². The number of esters is 1. The van der Waals surface area contributed by atoms with Gasteiger partial charge in [0.2, 0.25) is 0 Å². The van der Waals surface area contributed by atoms with Crippen LogP contribution in [0, 0.1) is 0 Å². The van der Waals surface area contributed by atoms with E-state index in [1.165, 1.54) is 11.3 Å². The molecule has 31 heavy (non-hydrogen) atoms. The van der Waals surface area contributed by atoms with Crippen LogP contribution < -0.4 is 5.32 Å². The molecule has 0 atom stereocenters. The van der Waals surface area contributed by atoms with Gasteiger partial charge in [0.25, 0.3) is 5.91 Å². The Balaban J connectivity index is 1.68. The van der Waals surface area contributed by atoms with Gasteiger partial charge in [0.15, 0.2) is 0 Å². The Kier molecular flexibility index (Phi) is 6.21. The van der Waals surface area contributed by atoms with Crippen LogP contribution in [-0.4, -0.2) is 23.1 Å². The molecular formula is C24H19ClN2O3S. The quantitative estimate of drug-likeness (QED) is 0.351. The maximum absolute atomic E-state index is 13.2. The number of nitrogens with zero attached hydrogens (tertiary/aromatic N) is 1. The zero-order valence-corrected chi connectivity index (χ0v) is 18.2. The summed E-state index contributed by atoms with van der Waals surface area (Å²) >= 11 is 7.40. The lowest BCUT2D eigenvalue weighted by atomic mass is 10.1. The molecule has 156 valence electrons. The van der Waals surface area contributed by atoms with Crippen molar-refractivity contribution < 1.29 is 14.3 Å². The molecule has 2 aromatic heterocycles. The van der Waals surface area contributed by atoms with E-state index in [2.05, 4.69) is 5.32 Å². The van der Waals surface area contributed by atoms with Gasteiger partial charge in [0, 0.05) is 34.0 Å². The summed E-state index contributed by atoms with van der Waals surface area (Å²) in [7, 11) is 0. The molecule has 5 nitrogen and oxygen atoms in total. The summed E-state index contributed by atoms with van der Waals surface area (Å²) in [6.45, 7) is 2.04. The number of carbonyl (C=O) groups is 2. The number of nitrogens with one attached hydrogen (secondary N) is 1. The Labute approximate surface area is 188 Å². The Morgan fingerprint density at radius 3 is 2.52 bits per heavy atom. The second-order valence-electron chi connectivity index (χ2n) is 6.68. The minimum atomic E-state index is -0.423. The second kappa shape index (κ2) is 9.20. The monoisotopic (exact) mass is 450 g/mol. The first kappa shape index (κ1) is 20.9. The van der Waals surface area contributed by atoms with E-state index in [-0.39, 0.29) is 5.91 Å². The molecule has 0 saturated carbocycles. The number of hydrogen-bond acceptors (Lipinski definition) is 4. The summed E-state index contributed by atoms with van der Waals surface area (Å²) in [5, 5.41) is 5.52. The number of thiophene rings is 1. The van der Waals surface area contributed by atoms with E-state index in [1.807, 2.05) is 58.7 Å². The highest BCUT2D eigenvalue weighted by molar-refractivity contribution is 7.13. The molecule has 1 N–H and O–H groups in total. The number of hydrogen-bond donors (Lipinski definition) is 1. The molecule has 0 aliphatic carbocycles. The third-order valence-electron chi connectivity index (χ3n) is 4.62. The normalized spacial score (nSPS) is 10.6. The molecule has 0 radical (unpaired) electrons. The molecule has 2 heterocycles. The molecule has 0 spiro atoms. The van der Waals surface area contributed by atoms with Gasteiger partial charge in [-0.1, -0.05) is 29.8 Å². The van der Waals surface area contributed by atoms with E-state index in [1.54, 1.807) is 31.2 Å². The van der Waals surface area contributed by atoms with Crippen LogP contribution in [0.4, 0.5) is 5.69 Å². The van der Waals surface area contributed by atoms with Gasteiger partial charge < -0.3 is 14.6 Å². The van der Waals surface area contributed by atoms with Crippen molar-refractivity contribution in [3.8, 4) is 16.8 Å². The molecule has 4 rings (SSSR count). The SMILES string of the molecule is CCOC(=O)c1cccc(NC(=O)c2scc(-c3ccc(Cl)cc3)c2-n2cccc2)c1. The van der Waals surface area contributed by atoms with Gasteiger partial charge in [-0.25, -0.2) is 4.79 Å². The minimum absolute atomic E-state index is 0.255. The third kappa shape index (κ3) is 4.55. The summed E-state index contributed by atoms with van der Waals surface area (Å²) in [5.41, 5.74) is 3.60. The Hall–Kier alpha value is -3.35. The fraction of sp³-hybridized carbons (Fsp3) is 0.0833. The second-order valence-corrected chi connectivity index (χ2v) is 8.00. The average molecular weight is 451 g/mol. The van der Waals surface area contributed by atoms with Gasteiger partial charge >= 0.3 is 5.97 Å². The highest BCUT2D eigenvalue weighted by atomic mass is 35.5. The van der Waals surface area contributed by atoms with E-state index < -0.39 is 5.97 Å². The van der Waals surface area contributed by atoms with Gasteiger partial charge in [0.1, 0.15) is 4.88 Å². The molecule has 2 aromatic carbocycles. The molecule has 0 aliphatic heterocycles. The summed E-state index contributed by atoms with van der Waals surface area (Å²) in [5.74, 6) is -0.678. The zero-order valence-electron chi connectivity index (χ0n) is 16.7. The predicted molar refractivity (Wildman–Crippen MR) is 124 cm³/mol. The lowest BCUT2D eigenvalue weighted by Crippen LogP contribution is -2.13. The molecule has 0 unspecified atom stereocenters. The van der Waals surface area contributed by atoms with Crippen molar-refractivity contribution >= 4 is 40.5 Å². The first-order chi connectivity index (χ1) is 15.1. The number of ether oxygens (including phenoxy) is 1. The topological polar surface area (TPSA) is 60.3 Å². The number of benzene rings is 2. The Bertz CT molecular complexity index is 1210.